The molecule has 0 aliphatic rings. The molecule has 0 fully saturated rings. The van der Waals surface area contributed by atoms with E-state index in [1.54, 1.807) is 0 Å². The first-order chi connectivity index (χ1) is 8.68. The summed E-state index contributed by atoms with van der Waals surface area (Å²) >= 11 is 0. The van der Waals surface area contributed by atoms with Gasteiger partial charge in [0.15, 0.2) is 5.75 Å². The number of ether oxygens (including phenoxy) is 1. The van der Waals surface area contributed by atoms with Crippen molar-refractivity contribution in [2.45, 2.75) is 6.92 Å². The smallest absolute Gasteiger partial charge is 0.308 e. The Kier molecular flexibility index (Phi) is 2.33. The molecule has 0 spiro atoms. The molecular formula is C15H13NO2. The monoisotopic (exact) mass is 239 g/mol. The van der Waals surface area contributed by atoms with Gasteiger partial charge in [0.2, 0.25) is 0 Å². The molecule has 0 radical (unpaired) electrons. The summed E-state index contributed by atoms with van der Waals surface area (Å²) in [7, 11) is 1.98. The van der Waals surface area contributed by atoms with Crippen LogP contribution in [-0.4, -0.2) is 10.5 Å². The summed E-state index contributed by atoms with van der Waals surface area (Å²) in [6, 6.07) is 13.9. The number of fused-ring (bicyclic) bond motifs is 3. The molecule has 3 rings (SSSR count). The first kappa shape index (κ1) is 10.8. The fraction of sp³-hybridized carbons (Fsp3) is 0.133. The fourth-order valence-electron chi connectivity index (χ4n) is 2.44. The van der Waals surface area contributed by atoms with Crippen LogP contribution in [0, 0.1) is 0 Å². The summed E-state index contributed by atoms with van der Waals surface area (Å²) < 4.78 is 7.34. The zero-order chi connectivity index (χ0) is 12.7. The molecular weight excluding hydrogens is 226 g/mol. The van der Waals surface area contributed by atoms with Crippen LogP contribution >= 0.6 is 0 Å². The quantitative estimate of drug-likeness (QED) is 0.482. The second-order valence-electron chi connectivity index (χ2n) is 4.32. The number of para-hydroxylation sites is 2. The predicted octanol–water partition coefficient (Wildman–Crippen LogP) is 3.26. The van der Waals surface area contributed by atoms with Gasteiger partial charge in [0.05, 0.1) is 5.52 Å². The first-order valence-corrected chi connectivity index (χ1v) is 5.83. The molecule has 0 aliphatic carbocycles. The van der Waals surface area contributed by atoms with Gasteiger partial charge < -0.3 is 9.30 Å². The van der Waals surface area contributed by atoms with Crippen LogP contribution in [0.15, 0.2) is 42.5 Å². The van der Waals surface area contributed by atoms with Crippen LogP contribution < -0.4 is 4.74 Å². The third-order valence-electron chi connectivity index (χ3n) is 3.14. The van der Waals surface area contributed by atoms with Crippen molar-refractivity contribution in [2.24, 2.45) is 7.05 Å². The summed E-state index contributed by atoms with van der Waals surface area (Å²) in [4.78, 5) is 11.2. The summed E-state index contributed by atoms with van der Waals surface area (Å²) in [5.41, 5.74) is 2.08. The maximum absolute atomic E-state index is 11.2. The Morgan fingerprint density at radius 2 is 1.78 bits per heavy atom. The molecule has 0 bridgehead atoms. The van der Waals surface area contributed by atoms with Gasteiger partial charge in [0, 0.05) is 30.3 Å². The molecule has 18 heavy (non-hydrogen) atoms. The van der Waals surface area contributed by atoms with E-state index in [1.165, 1.54) is 12.3 Å². The minimum absolute atomic E-state index is 0.298. The number of benzene rings is 2. The van der Waals surface area contributed by atoms with E-state index in [4.69, 9.17) is 4.74 Å². The standard InChI is InChI=1S/C15H13NO2/c1-10(17)18-14-9-5-7-12-11-6-3-4-8-13(11)16(2)15(12)14/h3-9H,1-2H3. The van der Waals surface area contributed by atoms with E-state index >= 15 is 0 Å². The van der Waals surface area contributed by atoms with Gasteiger partial charge in [-0.2, -0.15) is 0 Å². The molecule has 0 saturated carbocycles. The average Bonchev–Trinajstić information content (AvgIpc) is 2.65. The van der Waals surface area contributed by atoms with Crippen LogP contribution in [0.3, 0.4) is 0 Å². The zero-order valence-corrected chi connectivity index (χ0v) is 10.3. The van der Waals surface area contributed by atoms with E-state index in [-0.39, 0.29) is 5.97 Å². The third-order valence-corrected chi connectivity index (χ3v) is 3.14. The molecule has 0 amide bonds. The second-order valence-corrected chi connectivity index (χ2v) is 4.32. The Morgan fingerprint density at radius 1 is 1.06 bits per heavy atom. The maximum Gasteiger partial charge on any atom is 0.308 e. The maximum atomic E-state index is 11.2. The number of nitrogens with zero attached hydrogens (tertiary/aromatic N) is 1. The molecule has 3 nitrogen and oxygen atoms in total. The van der Waals surface area contributed by atoms with E-state index in [0.717, 1.165) is 16.4 Å². The molecule has 0 N–H and O–H groups in total. The van der Waals surface area contributed by atoms with Crippen LogP contribution in [0.1, 0.15) is 6.92 Å². The Morgan fingerprint density at radius 3 is 2.56 bits per heavy atom. The molecule has 0 unspecified atom stereocenters. The Balaban J connectivity index is 2.44. The van der Waals surface area contributed by atoms with Crippen molar-refractivity contribution >= 4 is 27.8 Å². The Hall–Kier alpha value is -2.29. The molecule has 2 aromatic carbocycles. The summed E-state index contributed by atoms with van der Waals surface area (Å²) in [5, 5.41) is 2.27. The van der Waals surface area contributed by atoms with Crippen molar-refractivity contribution in [3.63, 3.8) is 0 Å². The largest absolute Gasteiger partial charge is 0.424 e. The molecule has 0 saturated heterocycles. The van der Waals surface area contributed by atoms with E-state index in [9.17, 15) is 4.79 Å². The molecule has 90 valence electrons. The minimum atomic E-state index is -0.298. The Labute approximate surface area is 105 Å². The number of rotatable bonds is 1. The number of hydrogen-bond donors (Lipinski definition) is 0. The van der Waals surface area contributed by atoms with Crippen molar-refractivity contribution < 1.29 is 9.53 Å². The number of carbonyl (C=O) groups excluding carboxylic acids is 1. The van der Waals surface area contributed by atoms with Gasteiger partial charge >= 0.3 is 5.97 Å². The zero-order valence-electron chi connectivity index (χ0n) is 10.3. The van der Waals surface area contributed by atoms with Crippen LogP contribution in [0.2, 0.25) is 0 Å². The van der Waals surface area contributed by atoms with E-state index in [1.807, 2.05) is 37.4 Å². The SMILES string of the molecule is CC(=O)Oc1cccc2c3ccccc3n(C)c12. The van der Waals surface area contributed by atoms with Gasteiger partial charge in [-0.1, -0.05) is 30.3 Å². The van der Waals surface area contributed by atoms with Gasteiger partial charge in [0.1, 0.15) is 0 Å². The van der Waals surface area contributed by atoms with Gasteiger partial charge in [-0.15, -0.1) is 0 Å². The van der Waals surface area contributed by atoms with Crippen molar-refractivity contribution in [2.75, 3.05) is 0 Å². The summed E-state index contributed by atoms with van der Waals surface area (Å²) in [6.07, 6.45) is 0. The number of carbonyl (C=O) groups is 1. The van der Waals surface area contributed by atoms with Crippen molar-refractivity contribution in [3.05, 3.63) is 42.5 Å². The van der Waals surface area contributed by atoms with Crippen molar-refractivity contribution in [1.29, 1.82) is 0 Å². The summed E-state index contributed by atoms with van der Waals surface area (Å²) in [5.74, 6) is 0.312. The lowest BCUT2D eigenvalue weighted by Gasteiger charge is -2.05. The molecule has 1 heterocycles. The fourth-order valence-corrected chi connectivity index (χ4v) is 2.44. The highest BCUT2D eigenvalue weighted by molar-refractivity contribution is 6.10. The highest BCUT2D eigenvalue weighted by Crippen LogP contribution is 2.33. The predicted molar refractivity (Wildman–Crippen MR) is 71.7 cm³/mol. The lowest BCUT2D eigenvalue weighted by Crippen LogP contribution is -2.02. The van der Waals surface area contributed by atoms with Gasteiger partial charge in [-0.3, -0.25) is 4.79 Å². The average molecular weight is 239 g/mol. The van der Waals surface area contributed by atoms with E-state index in [2.05, 4.69) is 16.7 Å². The molecule has 3 heteroatoms. The lowest BCUT2D eigenvalue weighted by atomic mass is 10.1. The van der Waals surface area contributed by atoms with E-state index in [0.29, 0.717) is 5.75 Å². The van der Waals surface area contributed by atoms with Crippen LogP contribution in [0.25, 0.3) is 21.8 Å². The summed E-state index contributed by atoms with van der Waals surface area (Å²) in [6.45, 7) is 1.42. The molecule has 0 atom stereocenters. The highest BCUT2D eigenvalue weighted by atomic mass is 16.5. The van der Waals surface area contributed by atoms with Crippen LogP contribution in [-0.2, 0) is 11.8 Å². The lowest BCUT2D eigenvalue weighted by molar-refractivity contribution is -0.131. The topological polar surface area (TPSA) is 31.2 Å². The van der Waals surface area contributed by atoms with Crippen molar-refractivity contribution in [1.82, 2.24) is 4.57 Å². The Bertz CT molecular complexity index is 756. The van der Waals surface area contributed by atoms with E-state index < -0.39 is 0 Å². The molecule has 1 aromatic heterocycles. The minimum Gasteiger partial charge on any atom is -0.424 e. The highest BCUT2D eigenvalue weighted by Gasteiger charge is 2.12. The normalized spacial score (nSPS) is 11.0. The molecule has 0 aliphatic heterocycles. The van der Waals surface area contributed by atoms with Crippen molar-refractivity contribution in [3.8, 4) is 5.75 Å². The van der Waals surface area contributed by atoms with Gasteiger partial charge in [-0.25, -0.2) is 0 Å². The molecule has 3 aromatic rings. The second kappa shape index (κ2) is 3.88. The van der Waals surface area contributed by atoms with Crippen LogP contribution in [0.4, 0.5) is 0 Å². The number of esters is 1. The first-order valence-electron chi connectivity index (χ1n) is 5.83. The van der Waals surface area contributed by atoms with Gasteiger partial charge in [0.25, 0.3) is 0 Å². The third kappa shape index (κ3) is 1.48. The number of aromatic nitrogens is 1. The van der Waals surface area contributed by atoms with Crippen LogP contribution in [0.5, 0.6) is 5.75 Å². The van der Waals surface area contributed by atoms with Gasteiger partial charge in [-0.05, 0) is 12.1 Å². The number of aryl methyl sites for hydroxylation is 1. The number of hydrogen-bond acceptors (Lipinski definition) is 2.